The summed E-state index contributed by atoms with van der Waals surface area (Å²) >= 11 is 1.48. The van der Waals surface area contributed by atoms with E-state index >= 15 is 0 Å². The lowest BCUT2D eigenvalue weighted by molar-refractivity contribution is 0.174. The number of nitrogens with zero attached hydrogens (tertiary/aromatic N) is 2. The van der Waals surface area contributed by atoms with Gasteiger partial charge < -0.3 is 14.5 Å². The molecule has 2 aromatic carbocycles. The number of hydrogen-bond donors (Lipinski definition) is 2. The first-order chi connectivity index (χ1) is 16.1. The molecule has 7 nitrogen and oxygen atoms in total. The van der Waals surface area contributed by atoms with Crippen LogP contribution in [-0.4, -0.2) is 27.0 Å². The minimum absolute atomic E-state index is 0.0873. The van der Waals surface area contributed by atoms with Gasteiger partial charge in [0.2, 0.25) is 6.79 Å². The van der Waals surface area contributed by atoms with Crippen molar-refractivity contribution in [2.45, 2.75) is 37.6 Å². The molecule has 0 bridgehead atoms. The average Bonchev–Trinajstić information content (AvgIpc) is 3.47. The normalized spacial score (nSPS) is 12.3. The van der Waals surface area contributed by atoms with Crippen molar-refractivity contribution in [3.05, 3.63) is 87.0 Å². The van der Waals surface area contributed by atoms with Crippen LogP contribution in [0.15, 0.2) is 58.5 Å². The van der Waals surface area contributed by atoms with Crippen molar-refractivity contribution < 1.29 is 9.47 Å². The zero-order valence-corrected chi connectivity index (χ0v) is 19.3. The summed E-state index contributed by atoms with van der Waals surface area (Å²) in [4.78, 5) is 20.4. The van der Waals surface area contributed by atoms with Gasteiger partial charge in [-0.1, -0.05) is 54.6 Å². The Morgan fingerprint density at radius 1 is 1.06 bits per heavy atom. The Morgan fingerprint density at radius 2 is 1.88 bits per heavy atom. The number of ether oxygens (including phenoxy) is 2. The van der Waals surface area contributed by atoms with Crippen LogP contribution in [0.25, 0.3) is 11.3 Å². The SMILES string of the molecule is CCc1c(Cc2ccc3c(c2)OCO3)nc(SCc2cc(-c3ccc(C)cc3)n[nH]2)[nH]c1=O. The molecule has 3 heterocycles. The van der Waals surface area contributed by atoms with Crippen molar-refractivity contribution in [2.24, 2.45) is 0 Å². The standard InChI is InChI=1S/C25H24N4O3S/c1-3-19-21(10-16-6-9-22-23(11-16)32-14-31-22)26-25(27-24(19)30)33-13-18-12-20(29-28-18)17-7-4-15(2)5-8-17/h4-9,11-12H,3,10,13-14H2,1-2H3,(H,28,29)(H,26,27,30). The first-order valence-electron chi connectivity index (χ1n) is 10.8. The smallest absolute Gasteiger partial charge is 0.254 e. The fraction of sp³-hybridized carbons (Fsp3) is 0.240. The number of aromatic nitrogens is 4. The molecule has 0 atom stereocenters. The molecule has 2 N–H and O–H groups in total. The maximum Gasteiger partial charge on any atom is 0.254 e. The molecule has 0 amide bonds. The molecule has 5 rings (SSSR count). The third-order valence-corrected chi connectivity index (χ3v) is 6.51. The van der Waals surface area contributed by atoms with Gasteiger partial charge in [-0.2, -0.15) is 5.10 Å². The van der Waals surface area contributed by atoms with Gasteiger partial charge in [-0.3, -0.25) is 9.89 Å². The molecule has 0 aliphatic carbocycles. The van der Waals surface area contributed by atoms with Crippen molar-refractivity contribution in [3.8, 4) is 22.8 Å². The molecule has 8 heteroatoms. The molecule has 2 aromatic heterocycles. The maximum absolute atomic E-state index is 12.7. The molecule has 168 valence electrons. The number of benzene rings is 2. The van der Waals surface area contributed by atoms with E-state index in [2.05, 4.69) is 46.4 Å². The summed E-state index contributed by atoms with van der Waals surface area (Å²) in [6, 6.07) is 16.1. The Hall–Kier alpha value is -3.52. The first-order valence-corrected chi connectivity index (χ1v) is 11.8. The van der Waals surface area contributed by atoms with Crippen LogP contribution >= 0.6 is 11.8 Å². The van der Waals surface area contributed by atoms with Crippen LogP contribution in [0.3, 0.4) is 0 Å². The molecule has 33 heavy (non-hydrogen) atoms. The number of aryl methyl sites for hydroxylation is 1. The maximum atomic E-state index is 12.7. The molecule has 0 saturated carbocycles. The predicted molar refractivity (Wildman–Crippen MR) is 128 cm³/mol. The summed E-state index contributed by atoms with van der Waals surface area (Å²) in [5.74, 6) is 2.10. The van der Waals surface area contributed by atoms with E-state index in [9.17, 15) is 4.79 Å². The average molecular weight is 461 g/mol. The van der Waals surface area contributed by atoms with Gasteiger partial charge in [-0.25, -0.2) is 4.98 Å². The summed E-state index contributed by atoms with van der Waals surface area (Å²) in [5, 5.41) is 8.11. The van der Waals surface area contributed by atoms with E-state index < -0.39 is 0 Å². The van der Waals surface area contributed by atoms with E-state index in [0.717, 1.165) is 39.7 Å². The lowest BCUT2D eigenvalue weighted by Crippen LogP contribution is -2.18. The minimum atomic E-state index is -0.0873. The van der Waals surface area contributed by atoms with Gasteiger partial charge in [-0.05, 0) is 37.1 Å². The Labute approximate surface area is 195 Å². The van der Waals surface area contributed by atoms with Crippen LogP contribution in [0.4, 0.5) is 0 Å². The highest BCUT2D eigenvalue weighted by atomic mass is 32.2. The quantitative estimate of drug-likeness (QED) is 0.308. The summed E-state index contributed by atoms with van der Waals surface area (Å²) in [7, 11) is 0. The molecular weight excluding hydrogens is 436 g/mol. The number of aromatic amines is 2. The van der Waals surface area contributed by atoms with Gasteiger partial charge in [0, 0.05) is 29.0 Å². The Balaban J connectivity index is 1.33. The molecule has 0 radical (unpaired) electrons. The highest BCUT2D eigenvalue weighted by Gasteiger charge is 2.16. The second kappa shape index (κ2) is 9.15. The molecule has 1 aliphatic rings. The van der Waals surface area contributed by atoms with E-state index in [1.807, 2.05) is 31.2 Å². The zero-order valence-electron chi connectivity index (χ0n) is 18.5. The molecule has 1 aliphatic heterocycles. The fourth-order valence-electron chi connectivity index (χ4n) is 3.80. The van der Waals surface area contributed by atoms with Gasteiger partial charge >= 0.3 is 0 Å². The van der Waals surface area contributed by atoms with Crippen LogP contribution < -0.4 is 15.0 Å². The van der Waals surface area contributed by atoms with E-state index in [4.69, 9.17) is 14.5 Å². The summed E-state index contributed by atoms with van der Waals surface area (Å²) in [6.07, 6.45) is 1.17. The van der Waals surface area contributed by atoms with E-state index in [1.165, 1.54) is 17.3 Å². The summed E-state index contributed by atoms with van der Waals surface area (Å²) in [6.45, 7) is 4.27. The Bertz CT molecular complexity index is 1340. The van der Waals surface area contributed by atoms with E-state index in [-0.39, 0.29) is 12.4 Å². The molecule has 0 fully saturated rings. The van der Waals surface area contributed by atoms with Crippen LogP contribution in [0, 0.1) is 6.92 Å². The van der Waals surface area contributed by atoms with Crippen LogP contribution in [0.2, 0.25) is 0 Å². The van der Waals surface area contributed by atoms with Gasteiger partial charge in [-0.15, -0.1) is 0 Å². The minimum Gasteiger partial charge on any atom is -0.454 e. The lowest BCUT2D eigenvalue weighted by Gasteiger charge is -2.09. The number of rotatable bonds is 7. The molecule has 0 unspecified atom stereocenters. The van der Waals surface area contributed by atoms with Crippen molar-refractivity contribution in [3.63, 3.8) is 0 Å². The number of fused-ring (bicyclic) bond motifs is 1. The fourth-order valence-corrected chi connectivity index (χ4v) is 4.58. The third kappa shape index (κ3) is 4.66. The molecular formula is C25H24N4O3S. The summed E-state index contributed by atoms with van der Waals surface area (Å²) in [5.41, 5.74) is 6.58. The van der Waals surface area contributed by atoms with E-state index in [0.29, 0.717) is 29.3 Å². The highest BCUT2D eigenvalue weighted by Crippen LogP contribution is 2.33. The Kier molecular flexibility index (Phi) is 5.92. The van der Waals surface area contributed by atoms with Crippen LogP contribution in [0.5, 0.6) is 11.5 Å². The predicted octanol–water partition coefficient (Wildman–Crippen LogP) is 4.64. The van der Waals surface area contributed by atoms with Crippen molar-refractivity contribution in [1.29, 1.82) is 0 Å². The first kappa shape index (κ1) is 21.3. The molecule has 4 aromatic rings. The van der Waals surface area contributed by atoms with Gasteiger partial charge in [0.05, 0.1) is 11.4 Å². The van der Waals surface area contributed by atoms with Crippen LogP contribution in [-0.2, 0) is 18.6 Å². The van der Waals surface area contributed by atoms with Gasteiger partial charge in [0.1, 0.15) is 0 Å². The second-order valence-electron chi connectivity index (χ2n) is 7.95. The summed E-state index contributed by atoms with van der Waals surface area (Å²) < 4.78 is 10.9. The van der Waals surface area contributed by atoms with E-state index in [1.54, 1.807) is 0 Å². The topological polar surface area (TPSA) is 92.9 Å². The van der Waals surface area contributed by atoms with Gasteiger partial charge in [0.15, 0.2) is 16.7 Å². The van der Waals surface area contributed by atoms with Gasteiger partial charge in [0.25, 0.3) is 5.56 Å². The second-order valence-corrected chi connectivity index (χ2v) is 8.91. The van der Waals surface area contributed by atoms with Crippen LogP contribution in [0.1, 0.15) is 35.0 Å². The molecule has 0 saturated heterocycles. The van der Waals surface area contributed by atoms with Crippen molar-refractivity contribution >= 4 is 11.8 Å². The zero-order chi connectivity index (χ0) is 22.8. The third-order valence-electron chi connectivity index (χ3n) is 5.58. The number of H-pyrrole nitrogens is 2. The monoisotopic (exact) mass is 460 g/mol. The lowest BCUT2D eigenvalue weighted by atomic mass is 10.0. The van der Waals surface area contributed by atoms with Crippen molar-refractivity contribution in [2.75, 3.05) is 6.79 Å². The number of thioether (sulfide) groups is 1. The molecule has 0 spiro atoms. The number of nitrogens with one attached hydrogen (secondary N) is 2. The van der Waals surface area contributed by atoms with Crippen molar-refractivity contribution in [1.82, 2.24) is 20.2 Å². The highest BCUT2D eigenvalue weighted by molar-refractivity contribution is 7.98. The largest absolute Gasteiger partial charge is 0.454 e. The Morgan fingerprint density at radius 3 is 2.70 bits per heavy atom. The number of hydrogen-bond acceptors (Lipinski definition) is 6.